The lowest BCUT2D eigenvalue weighted by Crippen LogP contribution is -2.03. The molecule has 5 heteroatoms. The zero-order valence-corrected chi connectivity index (χ0v) is 14.1. The largest absolute Gasteiger partial charge is 0.223 e. The third-order valence-corrected chi connectivity index (χ3v) is 5.30. The van der Waals surface area contributed by atoms with Crippen LogP contribution < -0.4 is 0 Å². The summed E-state index contributed by atoms with van der Waals surface area (Å²) in [5.74, 6) is 1.27. The molecule has 2 aromatic carbocycles. The number of hydrogen-bond donors (Lipinski definition) is 0. The first-order chi connectivity index (χ1) is 8.88. The number of hydrogen-bond acceptors (Lipinski definition) is 2. The number of aryl methyl sites for hydroxylation is 1. The van der Waals surface area contributed by atoms with E-state index in [1.807, 2.05) is 13.0 Å². The standard InChI is InChI=1S/C14H11Br2O2S/c1-10-2-5-13(6-3-10)19(17,18)9-11-8-12(15)4-7-14(11)16/h2-9H,1H3. The number of halogens is 2. The van der Waals surface area contributed by atoms with Crippen LogP contribution >= 0.6 is 31.9 Å². The van der Waals surface area contributed by atoms with Crippen molar-refractivity contribution in [3.63, 3.8) is 0 Å². The van der Waals surface area contributed by atoms with Crippen LogP contribution in [0.25, 0.3) is 0 Å². The van der Waals surface area contributed by atoms with E-state index in [1.165, 1.54) is 5.75 Å². The smallest absolute Gasteiger partial charge is 0.187 e. The molecule has 19 heavy (non-hydrogen) atoms. The van der Waals surface area contributed by atoms with E-state index in [9.17, 15) is 8.42 Å². The molecule has 1 radical (unpaired) electrons. The highest BCUT2D eigenvalue weighted by molar-refractivity contribution is 9.11. The lowest BCUT2D eigenvalue weighted by atomic mass is 10.2. The predicted molar refractivity (Wildman–Crippen MR) is 83.6 cm³/mol. The van der Waals surface area contributed by atoms with E-state index >= 15 is 0 Å². The average molecular weight is 403 g/mol. The molecule has 0 saturated heterocycles. The summed E-state index contributed by atoms with van der Waals surface area (Å²) in [4.78, 5) is 0.296. The Labute approximate surface area is 130 Å². The second-order valence-electron chi connectivity index (χ2n) is 4.14. The minimum Gasteiger partial charge on any atom is -0.223 e. The molecular formula is C14H11Br2O2S. The molecule has 0 atom stereocenters. The highest BCUT2D eigenvalue weighted by Gasteiger charge is 2.17. The maximum atomic E-state index is 12.3. The average Bonchev–Trinajstić information content (AvgIpc) is 2.34. The van der Waals surface area contributed by atoms with Crippen molar-refractivity contribution in [1.82, 2.24) is 0 Å². The van der Waals surface area contributed by atoms with Gasteiger partial charge in [-0.2, -0.15) is 0 Å². The van der Waals surface area contributed by atoms with E-state index in [4.69, 9.17) is 0 Å². The van der Waals surface area contributed by atoms with Gasteiger partial charge >= 0.3 is 0 Å². The molecule has 0 heterocycles. The van der Waals surface area contributed by atoms with Gasteiger partial charge in [0.1, 0.15) is 5.75 Å². The molecule has 99 valence electrons. The third kappa shape index (κ3) is 3.68. The Kier molecular flexibility index (Phi) is 4.48. The first kappa shape index (κ1) is 14.8. The molecule has 0 aliphatic carbocycles. The lowest BCUT2D eigenvalue weighted by molar-refractivity contribution is 0.602. The molecule has 0 spiro atoms. The first-order valence-electron chi connectivity index (χ1n) is 5.50. The van der Waals surface area contributed by atoms with Crippen LogP contribution in [0.3, 0.4) is 0 Å². The van der Waals surface area contributed by atoms with Gasteiger partial charge in [0.05, 0.1) is 4.90 Å². The Balaban J connectivity index is 2.36. The molecule has 2 aromatic rings. The zero-order chi connectivity index (χ0) is 14.0. The summed E-state index contributed by atoms with van der Waals surface area (Å²) in [5, 5.41) is 0. The van der Waals surface area contributed by atoms with Gasteiger partial charge in [-0.05, 0) is 42.8 Å². The van der Waals surface area contributed by atoms with Crippen LogP contribution in [-0.4, -0.2) is 8.42 Å². The SMILES string of the molecule is Cc1ccc(S(=O)(=O)[CH]c2cc(Br)ccc2Br)cc1. The number of sulfone groups is 1. The Hall–Kier alpha value is -0.650. The Morgan fingerprint density at radius 2 is 1.63 bits per heavy atom. The second-order valence-corrected chi connectivity index (χ2v) is 7.71. The highest BCUT2D eigenvalue weighted by Crippen LogP contribution is 2.27. The normalized spacial score (nSPS) is 11.5. The van der Waals surface area contributed by atoms with E-state index in [0.29, 0.717) is 10.5 Å². The fourth-order valence-corrected chi connectivity index (χ4v) is 3.64. The molecule has 2 rings (SSSR count). The zero-order valence-electron chi connectivity index (χ0n) is 10.1. The predicted octanol–water partition coefficient (Wildman–Crippen LogP) is 4.50. The molecule has 0 saturated carbocycles. The van der Waals surface area contributed by atoms with Gasteiger partial charge in [-0.1, -0.05) is 49.6 Å². The van der Waals surface area contributed by atoms with Crippen molar-refractivity contribution in [1.29, 1.82) is 0 Å². The van der Waals surface area contributed by atoms with Crippen LogP contribution in [0.2, 0.25) is 0 Å². The van der Waals surface area contributed by atoms with Crippen LogP contribution in [0.1, 0.15) is 11.1 Å². The van der Waals surface area contributed by atoms with Crippen molar-refractivity contribution in [2.75, 3.05) is 0 Å². The minimum absolute atomic E-state index is 0.296. The Morgan fingerprint density at radius 3 is 2.26 bits per heavy atom. The van der Waals surface area contributed by atoms with Crippen LogP contribution in [0, 0.1) is 12.7 Å². The van der Waals surface area contributed by atoms with Gasteiger partial charge in [0, 0.05) is 8.95 Å². The summed E-state index contributed by atoms with van der Waals surface area (Å²) in [6.07, 6.45) is 0. The minimum atomic E-state index is -3.45. The number of benzene rings is 2. The summed E-state index contributed by atoms with van der Waals surface area (Å²) in [5.41, 5.74) is 1.65. The van der Waals surface area contributed by atoms with Crippen molar-refractivity contribution in [2.24, 2.45) is 0 Å². The molecule has 0 unspecified atom stereocenters. The first-order valence-corrected chi connectivity index (χ1v) is 8.63. The molecule has 0 aromatic heterocycles. The molecule has 0 aliphatic rings. The van der Waals surface area contributed by atoms with Crippen LogP contribution in [0.15, 0.2) is 56.3 Å². The van der Waals surface area contributed by atoms with Crippen molar-refractivity contribution in [3.8, 4) is 0 Å². The third-order valence-electron chi connectivity index (χ3n) is 2.59. The van der Waals surface area contributed by atoms with E-state index in [1.54, 1.807) is 36.4 Å². The van der Waals surface area contributed by atoms with Gasteiger partial charge < -0.3 is 0 Å². The quantitative estimate of drug-likeness (QED) is 0.757. The maximum absolute atomic E-state index is 12.3. The van der Waals surface area contributed by atoms with Gasteiger partial charge in [0.15, 0.2) is 9.84 Å². The molecule has 0 N–H and O–H groups in total. The van der Waals surface area contributed by atoms with Gasteiger partial charge in [-0.25, -0.2) is 8.42 Å². The Bertz CT molecular complexity index is 692. The van der Waals surface area contributed by atoms with Gasteiger partial charge in [-0.3, -0.25) is 0 Å². The summed E-state index contributed by atoms with van der Waals surface area (Å²) in [7, 11) is -3.45. The summed E-state index contributed by atoms with van der Waals surface area (Å²) in [6.45, 7) is 1.92. The fourth-order valence-electron chi connectivity index (χ4n) is 1.57. The van der Waals surface area contributed by atoms with Crippen LogP contribution in [0.5, 0.6) is 0 Å². The van der Waals surface area contributed by atoms with E-state index in [2.05, 4.69) is 31.9 Å². The summed E-state index contributed by atoms with van der Waals surface area (Å²) < 4.78 is 26.1. The van der Waals surface area contributed by atoms with Crippen molar-refractivity contribution in [2.45, 2.75) is 11.8 Å². The van der Waals surface area contributed by atoms with Crippen molar-refractivity contribution >= 4 is 41.7 Å². The summed E-state index contributed by atoms with van der Waals surface area (Å²) >= 11 is 6.68. The second kappa shape index (κ2) is 5.77. The van der Waals surface area contributed by atoms with Crippen molar-refractivity contribution in [3.05, 3.63) is 68.3 Å². The molecular weight excluding hydrogens is 392 g/mol. The van der Waals surface area contributed by atoms with Crippen LogP contribution in [-0.2, 0) is 9.84 Å². The summed E-state index contributed by atoms with van der Waals surface area (Å²) in [6, 6.07) is 12.2. The fraction of sp³-hybridized carbons (Fsp3) is 0.0714. The monoisotopic (exact) mass is 401 g/mol. The highest BCUT2D eigenvalue weighted by atomic mass is 79.9. The lowest BCUT2D eigenvalue weighted by Gasteiger charge is -2.07. The molecule has 0 amide bonds. The van der Waals surface area contributed by atoms with E-state index in [0.717, 1.165) is 14.5 Å². The topological polar surface area (TPSA) is 34.1 Å². The molecule has 0 bridgehead atoms. The Morgan fingerprint density at radius 1 is 1.00 bits per heavy atom. The van der Waals surface area contributed by atoms with E-state index in [-0.39, 0.29) is 0 Å². The number of rotatable bonds is 3. The van der Waals surface area contributed by atoms with Crippen LogP contribution in [0.4, 0.5) is 0 Å². The molecule has 0 aliphatic heterocycles. The van der Waals surface area contributed by atoms with Crippen molar-refractivity contribution < 1.29 is 8.42 Å². The maximum Gasteiger partial charge on any atom is 0.187 e. The van der Waals surface area contributed by atoms with Gasteiger partial charge in [-0.15, -0.1) is 0 Å². The van der Waals surface area contributed by atoms with Gasteiger partial charge in [0.2, 0.25) is 0 Å². The molecule has 0 fully saturated rings. The van der Waals surface area contributed by atoms with Gasteiger partial charge in [0.25, 0.3) is 0 Å². The van der Waals surface area contributed by atoms with E-state index < -0.39 is 9.84 Å². The molecule has 2 nitrogen and oxygen atoms in total.